The Balaban J connectivity index is 1.89. The van der Waals surface area contributed by atoms with Crippen molar-refractivity contribution < 1.29 is 19.8 Å². The van der Waals surface area contributed by atoms with Crippen molar-refractivity contribution in [2.45, 2.75) is 37.9 Å². The number of alkyl halides is 1. The summed E-state index contributed by atoms with van der Waals surface area (Å²) in [6.07, 6.45) is -0.0755. The zero-order valence-electron chi connectivity index (χ0n) is 13.4. The van der Waals surface area contributed by atoms with Gasteiger partial charge >= 0.3 is 0 Å². The van der Waals surface area contributed by atoms with Crippen molar-refractivity contribution in [2.75, 3.05) is 24.3 Å². The van der Waals surface area contributed by atoms with E-state index >= 15 is 0 Å². The Kier molecular flexibility index (Phi) is 7.02. The molecule has 0 aliphatic carbocycles. The monoisotopic (exact) mass is 354 g/mol. The number of halogens is 1. The molecule has 0 bridgehead atoms. The average molecular weight is 355 g/mol. The van der Waals surface area contributed by atoms with Gasteiger partial charge in [0.15, 0.2) is 12.2 Å². The van der Waals surface area contributed by atoms with Crippen molar-refractivity contribution in [3.05, 3.63) is 29.8 Å². The van der Waals surface area contributed by atoms with Crippen LogP contribution in [0.25, 0.3) is 0 Å². The van der Waals surface area contributed by atoms with E-state index in [2.05, 4.69) is 5.32 Å². The third-order valence-electron chi connectivity index (χ3n) is 4.06. The third-order valence-corrected chi connectivity index (χ3v) is 4.33. The summed E-state index contributed by atoms with van der Waals surface area (Å²) in [6.45, 7) is 1.10. The van der Waals surface area contributed by atoms with E-state index < -0.39 is 24.0 Å². The second-order valence-corrected chi connectivity index (χ2v) is 6.28. The molecule has 0 aromatic heterocycles. The molecular weight excluding hydrogens is 332 g/mol. The number of aliphatic hydroxyl groups is 2. The molecule has 0 saturated carbocycles. The number of amides is 2. The van der Waals surface area contributed by atoms with Gasteiger partial charge in [-0.15, -0.1) is 11.6 Å². The molecule has 132 valence electrons. The quantitative estimate of drug-likeness (QED) is 0.640. The van der Waals surface area contributed by atoms with Crippen LogP contribution in [0.3, 0.4) is 0 Å². The Morgan fingerprint density at radius 1 is 1.12 bits per heavy atom. The number of carbonyl (C=O) groups is 2. The SMILES string of the molecule is O=C(Nc1ccc(CCCCl)cc1)[C@H](O)[C@@H](O)C(=O)N1CCCC1. The summed E-state index contributed by atoms with van der Waals surface area (Å²) in [5, 5.41) is 22.4. The molecule has 0 radical (unpaired) electrons. The molecule has 24 heavy (non-hydrogen) atoms. The molecule has 0 unspecified atom stereocenters. The van der Waals surface area contributed by atoms with Gasteiger partial charge in [-0.3, -0.25) is 9.59 Å². The Labute approximate surface area is 146 Å². The van der Waals surface area contributed by atoms with Gasteiger partial charge in [0.25, 0.3) is 11.8 Å². The predicted octanol–water partition coefficient (Wildman–Crippen LogP) is 1.14. The fourth-order valence-corrected chi connectivity index (χ4v) is 2.78. The van der Waals surface area contributed by atoms with E-state index in [-0.39, 0.29) is 0 Å². The lowest BCUT2D eigenvalue weighted by molar-refractivity contribution is -0.150. The lowest BCUT2D eigenvalue weighted by Gasteiger charge is -2.22. The van der Waals surface area contributed by atoms with Crippen LogP contribution >= 0.6 is 11.6 Å². The first kappa shape index (κ1) is 18.7. The van der Waals surface area contributed by atoms with Gasteiger partial charge in [0.2, 0.25) is 0 Å². The molecule has 1 aliphatic rings. The second-order valence-electron chi connectivity index (χ2n) is 5.90. The molecule has 2 amide bonds. The number of rotatable bonds is 7. The van der Waals surface area contributed by atoms with E-state index in [1.165, 1.54) is 4.90 Å². The lowest BCUT2D eigenvalue weighted by Crippen LogP contribution is -2.48. The number of likely N-dealkylation sites (tertiary alicyclic amines) is 1. The summed E-state index contributed by atoms with van der Waals surface area (Å²) in [5.41, 5.74) is 1.59. The molecule has 2 atom stereocenters. The summed E-state index contributed by atoms with van der Waals surface area (Å²) in [5.74, 6) is -0.816. The summed E-state index contributed by atoms with van der Waals surface area (Å²) in [7, 11) is 0. The highest BCUT2D eigenvalue weighted by Crippen LogP contribution is 2.14. The van der Waals surface area contributed by atoms with Crippen LogP contribution in [0.1, 0.15) is 24.8 Å². The van der Waals surface area contributed by atoms with Crippen LogP contribution in [0.2, 0.25) is 0 Å². The van der Waals surface area contributed by atoms with Crippen LogP contribution in [-0.4, -0.2) is 58.1 Å². The van der Waals surface area contributed by atoms with Crippen LogP contribution in [0.4, 0.5) is 5.69 Å². The minimum atomic E-state index is -1.80. The topological polar surface area (TPSA) is 89.9 Å². The minimum Gasteiger partial charge on any atom is -0.380 e. The number of hydrogen-bond donors (Lipinski definition) is 3. The van der Waals surface area contributed by atoms with Crippen molar-refractivity contribution >= 4 is 29.1 Å². The first-order chi connectivity index (χ1) is 11.5. The highest BCUT2D eigenvalue weighted by Gasteiger charge is 2.34. The van der Waals surface area contributed by atoms with Crippen LogP contribution in [0, 0.1) is 0 Å². The number of carbonyl (C=O) groups excluding carboxylic acids is 2. The summed E-state index contributed by atoms with van der Waals surface area (Å²) < 4.78 is 0. The van der Waals surface area contributed by atoms with Gasteiger partial charge in [-0.1, -0.05) is 12.1 Å². The third kappa shape index (κ3) is 4.93. The Morgan fingerprint density at radius 3 is 2.33 bits per heavy atom. The van der Waals surface area contributed by atoms with Gasteiger partial charge < -0.3 is 20.4 Å². The van der Waals surface area contributed by atoms with E-state index in [1.54, 1.807) is 12.1 Å². The van der Waals surface area contributed by atoms with Crippen LogP contribution in [-0.2, 0) is 16.0 Å². The zero-order chi connectivity index (χ0) is 17.5. The standard InChI is InChI=1S/C17H23ClN2O4/c18-9-3-4-12-5-7-13(8-6-12)19-16(23)14(21)15(22)17(24)20-10-1-2-11-20/h5-8,14-15,21-22H,1-4,9-11H2,(H,19,23)/t14-,15-/m1/s1. The van der Waals surface area contributed by atoms with Gasteiger partial charge in [-0.2, -0.15) is 0 Å². The summed E-state index contributed by atoms with van der Waals surface area (Å²) in [6, 6.07) is 7.15. The van der Waals surface area contributed by atoms with Crippen LogP contribution < -0.4 is 5.32 Å². The molecular formula is C17H23ClN2O4. The smallest absolute Gasteiger partial charge is 0.256 e. The van der Waals surface area contributed by atoms with Gasteiger partial charge in [-0.25, -0.2) is 0 Å². The molecule has 3 N–H and O–H groups in total. The maximum Gasteiger partial charge on any atom is 0.256 e. The number of hydrogen-bond acceptors (Lipinski definition) is 4. The molecule has 1 saturated heterocycles. The largest absolute Gasteiger partial charge is 0.380 e. The lowest BCUT2D eigenvalue weighted by atomic mass is 10.1. The Morgan fingerprint density at radius 2 is 1.75 bits per heavy atom. The highest BCUT2D eigenvalue weighted by atomic mass is 35.5. The van der Waals surface area contributed by atoms with E-state index in [0.29, 0.717) is 24.7 Å². The molecule has 2 rings (SSSR count). The fourth-order valence-electron chi connectivity index (χ4n) is 2.64. The van der Waals surface area contributed by atoms with Crippen molar-refractivity contribution in [2.24, 2.45) is 0 Å². The highest BCUT2D eigenvalue weighted by molar-refractivity contribution is 6.17. The first-order valence-corrected chi connectivity index (χ1v) is 8.67. The van der Waals surface area contributed by atoms with Gasteiger partial charge in [-0.05, 0) is 43.4 Å². The van der Waals surface area contributed by atoms with Gasteiger partial charge in [0.05, 0.1) is 0 Å². The molecule has 1 fully saturated rings. The first-order valence-electron chi connectivity index (χ1n) is 8.13. The van der Waals surface area contributed by atoms with Gasteiger partial charge in [0.1, 0.15) is 0 Å². The number of anilines is 1. The van der Waals surface area contributed by atoms with E-state index in [9.17, 15) is 19.8 Å². The molecule has 1 aliphatic heterocycles. The maximum absolute atomic E-state index is 12.0. The fraction of sp³-hybridized carbons (Fsp3) is 0.529. The van der Waals surface area contributed by atoms with Crippen molar-refractivity contribution in [3.8, 4) is 0 Å². The number of benzene rings is 1. The number of nitrogens with zero attached hydrogens (tertiary/aromatic N) is 1. The van der Waals surface area contributed by atoms with Crippen molar-refractivity contribution in [3.63, 3.8) is 0 Å². The summed E-state index contributed by atoms with van der Waals surface area (Å²) >= 11 is 5.65. The number of aliphatic hydroxyl groups excluding tert-OH is 2. The average Bonchev–Trinajstić information content (AvgIpc) is 3.13. The molecule has 1 aromatic rings. The normalized spacial score (nSPS) is 16.7. The van der Waals surface area contributed by atoms with Gasteiger partial charge in [0, 0.05) is 24.7 Å². The van der Waals surface area contributed by atoms with Crippen LogP contribution in [0.5, 0.6) is 0 Å². The van der Waals surface area contributed by atoms with Crippen molar-refractivity contribution in [1.29, 1.82) is 0 Å². The second kappa shape index (κ2) is 9.01. The van der Waals surface area contributed by atoms with E-state index in [0.717, 1.165) is 31.2 Å². The van der Waals surface area contributed by atoms with Crippen molar-refractivity contribution in [1.82, 2.24) is 4.90 Å². The van der Waals surface area contributed by atoms with E-state index in [1.807, 2.05) is 12.1 Å². The molecule has 1 aromatic carbocycles. The number of nitrogens with one attached hydrogen (secondary N) is 1. The van der Waals surface area contributed by atoms with Crippen LogP contribution in [0.15, 0.2) is 24.3 Å². The number of aryl methyl sites for hydroxylation is 1. The van der Waals surface area contributed by atoms with E-state index in [4.69, 9.17) is 11.6 Å². The summed E-state index contributed by atoms with van der Waals surface area (Å²) in [4.78, 5) is 25.5. The molecule has 7 heteroatoms. The molecule has 1 heterocycles. The molecule has 6 nitrogen and oxygen atoms in total. The predicted molar refractivity (Wildman–Crippen MR) is 91.9 cm³/mol. The minimum absolute atomic E-state index is 0.495. The Hall–Kier alpha value is -1.63. The molecule has 0 spiro atoms. The zero-order valence-corrected chi connectivity index (χ0v) is 14.2. The maximum atomic E-state index is 12.0. The Bertz CT molecular complexity index is 558.